The summed E-state index contributed by atoms with van der Waals surface area (Å²) < 4.78 is 17.1. The number of amides is 2. The van der Waals surface area contributed by atoms with Crippen molar-refractivity contribution in [1.82, 2.24) is 10.6 Å². The second-order valence-electron chi connectivity index (χ2n) is 8.00. The molecule has 3 N–H and O–H groups in total. The number of rotatable bonds is 10. The highest BCUT2D eigenvalue weighted by Crippen LogP contribution is 2.51. The van der Waals surface area contributed by atoms with Gasteiger partial charge in [-0.1, -0.05) is 19.9 Å². The van der Waals surface area contributed by atoms with Crippen LogP contribution in [0.15, 0.2) is 36.4 Å². The van der Waals surface area contributed by atoms with Gasteiger partial charge in [0, 0.05) is 24.7 Å². The predicted molar refractivity (Wildman–Crippen MR) is 129 cm³/mol. The summed E-state index contributed by atoms with van der Waals surface area (Å²) in [4.78, 5) is 25.3. The zero-order chi connectivity index (χ0) is 24.7. The highest BCUT2D eigenvalue weighted by Gasteiger charge is 2.42. The van der Waals surface area contributed by atoms with E-state index in [-0.39, 0.29) is 17.6 Å². The quantitative estimate of drug-likeness (QED) is 0.459. The number of hydrogen-bond donors (Lipinski definition) is 3. The van der Waals surface area contributed by atoms with Gasteiger partial charge in [0.15, 0.2) is 23.0 Å². The average molecular weight is 469 g/mol. The molecule has 182 valence electrons. The predicted octanol–water partition coefficient (Wildman–Crippen LogP) is 3.69. The van der Waals surface area contributed by atoms with Gasteiger partial charge in [-0.3, -0.25) is 9.59 Å². The molecule has 0 saturated heterocycles. The molecule has 0 saturated carbocycles. The molecular weight excluding hydrogens is 436 g/mol. The third-order valence-electron chi connectivity index (χ3n) is 5.55. The van der Waals surface area contributed by atoms with Crippen molar-refractivity contribution in [1.29, 1.82) is 0 Å². The molecule has 0 radical (unpaired) electrons. The first-order valence-electron chi connectivity index (χ1n) is 11.4. The van der Waals surface area contributed by atoms with E-state index >= 15 is 0 Å². The van der Waals surface area contributed by atoms with E-state index in [4.69, 9.17) is 14.2 Å². The molecule has 0 bridgehead atoms. The third kappa shape index (κ3) is 5.44. The molecule has 1 aliphatic rings. The molecule has 0 fully saturated rings. The average Bonchev–Trinajstić information content (AvgIpc) is 3.24. The van der Waals surface area contributed by atoms with Crippen LogP contribution in [0.2, 0.25) is 0 Å². The van der Waals surface area contributed by atoms with Gasteiger partial charge in [0.2, 0.25) is 11.8 Å². The molecule has 34 heavy (non-hydrogen) atoms. The van der Waals surface area contributed by atoms with E-state index in [1.54, 1.807) is 24.3 Å². The Morgan fingerprint density at radius 1 is 1.03 bits per heavy atom. The SMILES string of the molecule is CCCNC(=O)/C=C/c1cc(OC)c2c(c1)[C@H](C(=O)NCCC)[C@@H](c1ccc(O)c(OC)c1)O2. The first kappa shape index (κ1) is 25.0. The summed E-state index contributed by atoms with van der Waals surface area (Å²) in [6.45, 7) is 5.10. The molecule has 0 aromatic heterocycles. The number of methoxy groups -OCH3 is 2. The minimum absolute atomic E-state index is 0.0000919. The molecule has 0 spiro atoms. The van der Waals surface area contributed by atoms with Crippen LogP contribution in [0.3, 0.4) is 0 Å². The Morgan fingerprint density at radius 3 is 2.41 bits per heavy atom. The van der Waals surface area contributed by atoms with Crippen molar-refractivity contribution in [3.05, 3.63) is 53.1 Å². The lowest BCUT2D eigenvalue weighted by Gasteiger charge is -2.20. The minimum atomic E-state index is -0.660. The van der Waals surface area contributed by atoms with Crippen molar-refractivity contribution in [2.24, 2.45) is 0 Å². The van der Waals surface area contributed by atoms with Gasteiger partial charge in [-0.25, -0.2) is 0 Å². The Morgan fingerprint density at radius 2 is 1.74 bits per heavy atom. The van der Waals surface area contributed by atoms with E-state index in [1.165, 1.54) is 26.4 Å². The number of carbonyl (C=O) groups excluding carboxylic acids is 2. The number of carbonyl (C=O) groups is 2. The van der Waals surface area contributed by atoms with Crippen LogP contribution in [-0.4, -0.2) is 44.2 Å². The molecule has 3 rings (SSSR count). The monoisotopic (exact) mass is 468 g/mol. The number of aromatic hydroxyl groups is 1. The summed E-state index contributed by atoms with van der Waals surface area (Å²) in [6, 6.07) is 8.50. The maximum atomic E-state index is 13.3. The third-order valence-corrected chi connectivity index (χ3v) is 5.55. The van der Waals surface area contributed by atoms with Crippen molar-refractivity contribution >= 4 is 17.9 Å². The maximum absolute atomic E-state index is 13.3. The number of phenolic OH excluding ortho intramolecular Hbond substituents is 1. The van der Waals surface area contributed by atoms with E-state index in [2.05, 4.69) is 10.6 Å². The van der Waals surface area contributed by atoms with Crippen LogP contribution in [0.4, 0.5) is 0 Å². The van der Waals surface area contributed by atoms with Crippen LogP contribution in [-0.2, 0) is 9.59 Å². The van der Waals surface area contributed by atoms with E-state index in [1.807, 2.05) is 19.9 Å². The molecule has 1 aliphatic heterocycles. The molecule has 2 atom stereocenters. The van der Waals surface area contributed by atoms with Gasteiger partial charge >= 0.3 is 0 Å². The Labute approximate surface area is 199 Å². The van der Waals surface area contributed by atoms with Crippen LogP contribution >= 0.6 is 0 Å². The van der Waals surface area contributed by atoms with Crippen LogP contribution < -0.4 is 24.8 Å². The van der Waals surface area contributed by atoms with Gasteiger partial charge in [0.05, 0.1) is 14.2 Å². The van der Waals surface area contributed by atoms with Crippen molar-refractivity contribution in [2.45, 2.75) is 38.7 Å². The number of benzene rings is 2. The van der Waals surface area contributed by atoms with Gasteiger partial charge < -0.3 is 30.0 Å². The summed E-state index contributed by atoms with van der Waals surface area (Å²) in [5.41, 5.74) is 2.06. The molecule has 8 heteroatoms. The lowest BCUT2D eigenvalue weighted by molar-refractivity contribution is -0.124. The maximum Gasteiger partial charge on any atom is 0.243 e. The molecule has 8 nitrogen and oxygen atoms in total. The second-order valence-corrected chi connectivity index (χ2v) is 8.00. The molecule has 2 amide bonds. The van der Waals surface area contributed by atoms with Crippen molar-refractivity contribution in [2.75, 3.05) is 27.3 Å². The Hall–Kier alpha value is -3.68. The van der Waals surface area contributed by atoms with Gasteiger partial charge in [0.25, 0.3) is 0 Å². The fraction of sp³-hybridized carbons (Fsp3) is 0.385. The lowest BCUT2D eigenvalue weighted by Crippen LogP contribution is -2.32. The van der Waals surface area contributed by atoms with E-state index < -0.39 is 12.0 Å². The zero-order valence-corrected chi connectivity index (χ0v) is 20.0. The molecule has 2 aromatic rings. The van der Waals surface area contributed by atoms with Crippen molar-refractivity contribution < 1.29 is 28.9 Å². The van der Waals surface area contributed by atoms with Crippen molar-refractivity contribution in [3.63, 3.8) is 0 Å². The Balaban J connectivity index is 2.04. The Bertz CT molecular complexity index is 1070. The van der Waals surface area contributed by atoms with Crippen LogP contribution in [0, 0.1) is 0 Å². The molecule has 2 aromatic carbocycles. The van der Waals surface area contributed by atoms with E-state index in [0.29, 0.717) is 47.0 Å². The summed E-state index contributed by atoms with van der Waals surface area (Å²) in [5, 5.41) is 15.8. The number of fused-ring (bicyclic) bond motifs is 1. The first-order valence-corrected chi connectivity index (χ1v) is 11.4. The summed E-state index contributed by atoms with van der Waals surface area (Å²) in [7, 11) is 3.00. The molecule has 1 heterocycles. The zero-order valence-electron chi connectivity index (χ0n) is 20.0. The minimum Gasteiger partial charge on any atom is -0.504 e. The fourth-order valence-electron chi connectivity index (χ4n) is 3.86. The first-order chi connectivity index (χ1) is 16.4. The molecule has 0 aliphatic carbocycles. The van der Waals surface area contributed by atoms with Gasteiger partial charge in [-0.2, -0.15) is 0 Å². The summed E-state index contributed by atoms with van der Waals surface area (Å²) >= 11 is 0. The van der Waals surface area contributed by atoms with Gasteiger partial charge in [-0.05, 0) is 54.3 Å². The highest BCUT2D eigenvalue weighted by molar-refractivity contribution is 5.92. The smallest absolute Gasteiger partial charge is 0.243 e. The summed E-state index contributed by atoms with van der Waals surface area (Å²) in [6.07, 6.45) is 4.14. The number of nitrogens with one attached hydrogen (secondary N) is 2. The molecular formula is C26H32N2O6. The summed E-state index contributed by atoms with van der Waals surface area (Å²) in [5.74, 6) is 0.201. The lowest BCUT2D eigenvalue weighted by atomic mass is 9.89. The van der Waals surface area contributed by atoms with Gasteiger partial charge in [0.1, 0.15) is 12.0 Å². The van der Waals surface area contributed by atoms with E-state index in [0.717, 1.165) is 12.8 Å². The largest absolute Gasteiger partial charge is 0.504 e. The number of hydrogen-bond acceptors (Lipinski definition) is 6. The van der Waals surface area contributed by atoms with Crippen LogP contribution in [0.1, 0.15) is 55.4 Å². The van der Waals surface area contributed by atoms with Crippen LogP contribution in [0.5, 0.6) is 23.0 Å². The fourth-order valence-corrected chi connectivity index (χ4v) is 3.86. The van der Waals surface area contributed by atoms with Crippen LogP contribution in [0.25, 0.3) is 6.08 Å². The topological polar surface area (TPSA) is 106 Å². The normalized spacial score (nSPS) is 16.6. The standard InChI is InChI=1S/C26H32N2O6/c1-5-11-27-22(30)10-7-16-13-18-23(26(31)28-12-6-2)24(34-25(18)21(14-16)33-4)17-8-9-19(29)20(15-17)32-3/h7-10,13-15,23-24,29H,5-6,11-12H2,1-4H3,(H,27,30)(H,28,31)/b10-7+/t23-,24+/m0/s1. The van der Waals surface area contributed by atoms with Gasteiger partial charge in [-0.15, -0.1) is 0 Å². The highest BCUT2D eigenvalue weighted by atomic mass is 16.5. The van der Waals surface area contributed by atoms with E-state index in [9.17, 15) is 14.7 Å². The molecule has 0 unspecified atom stereocenters. The van der Waals surface area contributed by atoms with Crippen molar-refractivity contribution in [3.8, 4) is 23.0 Å². The number of phenols is 1. The number of ether oxygens (including phenoxy) is 3. The Kier molecular flexibility index (Phi) is 8.40. The second kappa shape index (κ2) is 11.4.